The van der Waals surface area contributed by atoms with Crippen molar-refractivity contribution in [1.29, 1.82) is 0 Å². The average Bonchev–Trinajstić information content (AvgIpc) is 2.14. The Labute approximate surface area is 85.5 Å². The minimum Gasteiger partial charge on any atom is -0.366 e. The summed E-state index contributed by atoms with van der Waals surface area (Å²) >= 11 is 0. The highest BCUT2D eigenvalue weighted by Gasteiger charge is 2.26. The zero-order chi connectivity index (χ0) is 10.6. The van der Waals surface area contributed by atoms with Crippen molar-refractivity contribution in [3.63, 3.8) is 0 Å². The number of nitrogens with one attached hydrogen (secondary N) is 1. The Morgan fingerprint density at radius 3 is 2.71 bits per heavy atom. The second-order valence-corrected chi connectivity index (χ2v) is 5.37. The quantitative estimate of drug-likeness (QED) is 0.724. The zero-order valence-corrected chi connectivity index (χ0v) is 9.51. The Bertz CT molecular complexity index is 260. The van der Waals surface area contributed by atoms with Crippen LogP contribution in [0.2, 0.25) is 0 Å². The van der Waals surface area contributed by atoms with E-state index < -0.39 is 10.0 Å². The number of hydrogen-bond acceptors (Lipinski definition) is 4. The number of nitrogens with zero attached hydrogens (tertiary/aromatic N) is 1. The molecule has 14 heavy (non-hydrogen) atoms. The van der Waals surface area contributed by atoms with Crippen molar-refractivity contribution in [1.82, 2.24) is 9.62 Å². The molecule has 0 spiro atoms. The first-order chi connectivity index (χ1) is 6.55. The standard InChI is InChI=1S/C8H18N2O3S/c1-3-5-10(14(2,11)12)8-4-6-13-7-9-8/h8-9H,3-7H2,1-2H3. The summed E-state index contributed by atoms with van der Waals surface area (Å²) in [6.45, 7) is 3.59. The SMILES string of the molecule is CCCN(C1CCOCN1)S(C)(=O)=O. The molecule has 0 aromatic rings. The first-order valence-corrected chi connectivity index (χ1v) is 6.68. The highest BCUT2D eigenvalue weighted by atomic mass is 32.2. The van der Waals surface area contributed by atoms with E-state index in [1.807, 2.05) is 6.92 Å². The van der Waals surface area contributed by atoms with Gasteiger partial charge in [-0.1, -0.05) is 6.92 Å². The molecule has 5 nitrogen and oxygen atoms in total. The zero-order valence-electron chi connectivity index (χ0n) is 8.69. The molecule has 1 aliphatic rings. The summed E-state index contributed by atoms with van der Waals surface area (Å²) in [6, 6.07) is 0. The molecule has 0 amide bonds. The molecule has 6 heteroatoms. The molecule has 1 N–H and O–H groups in total. The van der Waals surface area contributed by atoms with Gasteiger partial charge in [0, 0.05) is 13.0 Å². The van der Waals surface area contributed by atoms with Gasteiger partial charge in [0.1, 0.15) is 0 Å². The molecule has 0 aliphatic carbocycles. The van der Waals surface area contributed by atoms with Crippen LogP contribution in [0.1, 0.15) is 19.8 Å². The van der Waals surface area contributed by atoms with Crippen molar-refractivity contribution in [2.75, 3.05) is 26.1 Å². The lowest BCUT2D eigenvalue weighted by Gasteiger charge is -2.32. The Morgan fingerprint density at radius 2 is 2.29 bits per heavy atom. The molecule has 1 fully saturated rings. The van der Waals surface area contributed by atoms with Crippen LogP contribution in [-0.4, -0.2) is 45.0 Å². The van der Waals surface area contributed by atoms with Gasteiger partial charge in [-0.25, -0.2) is 8.42 Å². The van der Waals surface area contributed by atoms with Gasteiger partial charge >= 0.3 is 0 Å². The smallest absolute Gasteiger partial charge is 0.212 e. The largest absolute Gasteiger partial charge is 0.366 e. The maximum Gasteiger partial charge on any atom is 0.212 e. The van der Waals surface area contributed by atoms with E-state index in [0.717, 1.165) is 6.42 Å². The number of rotatable bonds is 4. The molecule has 1 aliphatic heterocycles. The van der Waals surface area contributed by atoms with Crippen molar-refractivity contribution < 1.29 is 13.2 Å². The van der Waals surface area contributed by atoms with E-state index in [0.29, 0.717) is 26.3 Å². The third kappa shape index (κ3) is 3.20. The number of hydrogen-bond donors (Lipinski definition) is 1. The molecule has 1 unspecified atom stereocenters. The second kappa shape index (κ2) is 5.06. The van der Waals surface area contributed by atoms with Gasteiger partial charge in [0.2, 0.25) is 10.0 Å². The van der Waals surface area contributed by atoms with Gasteiger partial charge in [0.05, 0.1) is 25.8 Å². The maximum absolute atomic E-state index is 11.5. The van der Waals surface area contributed by atoms with E-state index in [4.69, 9.17) is 4.74 Å². The minimum absolute atomic E-state index is 0.0984. The molecule has 0 radical (unpaired) electrons. The summed E-state index contributed by atoms with van der Waals surface area (Å²) in [6.07, 6.45) is 2.69. The van der Waals surface area contributed by atoms with Crippen LogP contribution in [0.5, 0.6) is 0 Å². The molecule has 1 heterocycles. The normalized spacial score (nSPS) is 24.1. The molecule has 0 bridgehead atoms. The van der Waals surface area contributed by atoms with Crippen LogP contribution < -0.4 is 5.32 Å². The van der Waals surface area contributed by atoms with E-state index in [2.05, 4.69) is 5.32 Å². The van der Waals surface area contributed by atoms with Crippen molar-refractivity contribution >= 4 is 10.0 Å². The molecule has 0 aromatic heterocycles. The van der Waals surface area contributed by atoms with Crippen LogP contribution >= 0.6 is 0 Å². The Hall–Kier alpha value is -0.170. The van der Waals surface area contributed by atoms with Crippen molar-refractivity contribution in [3.8, 4) is 0 Å². The monoisotopic (exact) mass is 222 g/mol. The summed E-state index contributed by atoms with van der Waals surface area (Å²) in [5.74, 6) is 0. The first kappa shape index (κ1) is 11.9. The van der Waals surface area contributed by atoms with Crippen LogP contribution in [0.15, 0.2) is 0 Å². The van der Waals surface area contributed by atoms with E-state index in [9.17, 15) is 8.42 Å². The van der Waals surface area contributed by atoms with Crippen LogP contribution in [0.25, 0.3) is 0 Å². The molecule has 1 saturated heterocycles. The summed E-state index contributed by atoms with van der Waals surface area (Å²) in [4.78, 5) is 0. The summed E-state index contributed by atoms with van der Waals surface area (Å²) in [5.41, 5.74) is 0. The van der Waals surface area contributed by atoms with E-state index in [1.165, 1.54) is 10.6 Å². The maximum atomic E-state index is 11.5. The first-order valence-electron chi connectivity index (χ1n) is 4.83. The van der Waals surface area contributed by atoms with Crippen molar-refractivity contribution in [2.45, 2.75) is 25.9 Å². The van der Waals surface area contributed by atoms with Crippen LogP contribution in [0.3, 0.4) is 0 Å². The van der Waals surface area contributed by atoms with E-state index in [-0.39, 0.29) is 6.17 Å². The summed E-state index contributed by atoms with van der Waals surface area (Å²) in [5, 5.41) is 3.04. The summed E-state index contributed by atoms with van der Waals surface area (Å²) < 4.78 is 29.5. The fraction of sp³-hybridized carbons (Fsp3) is 1.00. The number of ether oxygens (including phenoxy) is 1. The Morgan fingerprint density at radius 1 is 1.57 bits per heavy atom. The van der Waals surface area contributed by atoms with Gasteiger partial charge in [-0.3, -0.25) is 5.32 Å². The van der Waals surface area contributed by atoms with Crippen LogP contribution in [0.4, 0.5) is 0 Å². The lowest BCUT2D eigenvalue weighted by Crippen LogP contribution is -2.52. The third-order valence-electron chi connectivity index (χ3n) is 2.17. The summed E-state index contributed by atoms with van der Waals surface area (Å²) in [7, 11) is -3.11. The number of sulfonamides is 1. The fourth-order valence-electron chi connectivity index (χ4n) is 1.54. The van der Waals surface area contributed by atoms with E-state index in [1.54, 1.807) is 0 Å². The lowest BCUT2D eigenvalue weighted by atomic mass is 10.3. The van der Waals surface area contributed by atoms with Gasteiger partial charge in [0.15, 0.2) is 0 Å². The predicted octanol–water partition coefficient (Wildman–Crippen LogP) is -0.0485. The Balaban J connectivity index is 2.66. The third-order valence-corrected chi connectivity index (χ3v) is 3.46. The highest BCUT2D eigenvalue weighted by Crippen LogP contribution is 2.10. The van der Waals surface area contributed by atoms with Gasteiger partial charge in [-0.05, 0) is 6.42 Å². The van der Waals surface area contributed by atoms with Gasteiger partial charge in [0.25, 0.3) is 0 Å². The molecule has 84 valence electrons. The van der Waals surface area contributed by atoms with Gasteiger partial charge in [-0.2, -0.15) is 4.31 Å². The molecule has 1 atom stereocenters. The van der Waals surface area contributed by atoms with Gasteiger partial charge < -0.3 is 4.74 Å². The molecule has 0 saturated carbocycles. The Kier molecular flexibility index (Phi) is 4.31. The highest BCUT2D eigenvalue weighted by molar-refractivity contribution is 7.88. The van der Waals surface area contributed by atoms with Crippen molar-refractivity contribution in [3.05, 3.63) is 0 Å². The molecular formula is C8H18N2O3S. The van der Waals surface area contributed by atoms with Gasteiger partial charge in [-0.15, -0.1) is 0 Å². The second-order valence-electron chi connectivity index (χ2n) is 3.43. The average molecular weight is 222 g/mol. The fourth-order valence-corrected chi connectivity index (χ4v) is 2.70. The van der Waals surface area contributed by atoms with Crippen LogP contribution in [0, 0.1) is 0 Å². The van der Waals surface area contributed by atoms with Crippen LogP contribution in [-0.2, 0) is 14.8 Å². The minimum atomic E-state index is -3.11. The predicted molar refractivity (Wildman–Crippen MR) is 54.2 cm³/mol. The van der Waals surface area contributed by atoms with Crippen molar-refractivity contribution in [2.24, 2.45) is 0 Å². The molecule has 1 rings (SSSR count). The molecular weight excluding hydrogens is 204 g/mol. The molecule has 0 aromatic carbocycles. The lowest BCUT2D eigenvalue weighted by molar-refractivity contribution is 0.0324. The van der Waals surface area contributed by atoms with E-state index >= 15 is 0 Å². The topological polar surface area (TPSA) is 58.6 Å².